The number of aryl methyl sites for hydroxylation is 1. The van der Waals surface area contributed by atoms with Gasteiger partial charge in [-0.05, 0) is 18.6 Å². The Balaban J connectivity index is 2.25. The molecule has 0 saturated carbocycles. The van der Waals surface area contributed by atoms with E-state index in [1.54, 1.807) is 12.3 Å². The molecule has 0 amide bonds. The largest absolute Gasteiger partial charge is 0.481 e. The van der Waals surface area contributed by atoms with Gasteiger partial charge in [0.2, 0.25) is 0 Å². The van der Waals surface area contributed by atoms with Gasteiger partial charge < -0.3 is 9.67 Å². The van der Waals surface area contributed by atoms with Gasteiger partial charge in [-0.2, -0.15) is 5.26 Å². The van der Waals surface area contributed by atoms with Crippen molar-refractivity contribution < 1.29 is 9.90 Å². The van der Waals surface area contributed by atoms with Crippen LogP contribution in [0.5, 0.6) is 0 Å². The molecule has 0 atom stereocenters. The van der Waals surface area contributed by atoms with Crippen LogP contribution >= 0.6 is 0 Å². The van der Waals surface area contributed by atoms with Gasteiger partial charge in [0, 0.05) is 30.7 Å². The highest BCUT2D eigenvalue weighted by Gasteiger charge is 2.06. The fourth-order valence-electron chi connectivity index (χ4n) is 1.77. The summed E-state index contributed by atoms with van der Waals surface area (Å²) < 4.78 is 1.87. The highest BCUT2D eigenvalue weighted by atomic mass is 16.4. The van der Waals surface area contributed by atoms with Crippen LogP contribution in [0, 0.1) is 11.3 Å². The summed E-state index contributed by atoms with van der Waals surface area (Å²) in [7, 11) is 0. The van der Waals surface area contributed by atoms with Gasteiger partial charge in [0.25, 0.3) is 0 Å². The van der Waals surface area contributed by atoms with Crippen LogP contribution in [-0.4, -0.2) is 20.6 Å². The third-order valence-electron chi connectivity index (χ3n) is 2.57. The van der Waals surface area contributed by atoms with Crippen LogP contribution in [0.25, 0.3) is 11.0 Å². The SMILES string of the molecule is N#Cc1ccnc2c1ccn2CCCC(=O)O. The third kappa shape index (κ3) is 2.26. The van der Waals surface area contributed by atoms with E-state index in [0.29, 0.717) is 18.5 Å². The first-order valence-corrected chi connectivity index (χ1v) is 5.28. The zero-order valence-electron chi connectivity index (χ0n) is 9.13. The highest BCUT2D eigenvalue weighted by molar-refractivity contribution is 5.82. The van der Waals surface area contributed by atoms with Crippen LogP contribution in [-0.2, 0) is 11.3 Å². The monoisotopic (exact) mass is 229 g/mol. The normalized spacial score (nSPS) is 10.3. The molecule has 17 heavy (non-hydrogen) atoms. The van der Waals surface area contributed by atoms with Crippen molar-refractivity contribution >= 4 is 17.0 Å². The third-order valence-corrected chi connectivity index (χ3v) is 2.57. The van der Waals surface area contributed by atoms with Crippen LogP contribution in [0.4, 0.5) is 0 Å². The van der Waals surface area contributed by atoms with Crippen LogP contribution in [0.2, 0.25) is 0 Å². The number of nitrogens with zero attached hydrogens (tertiary/aromatic N) is 3. The average Bonchev–Trinajstić information content (AvgIpc) is 2.72. The van der Waals surface area contributed by atoms with Gasteiger partial charge in [-0.15, -0.1) is 0 Å². The molecule has 1 N–H and O–H groups in total. The molecule has 0 bridgehead atoms. The topological polar surface area (TPSA) is 78.9 Å². The van der Waals surface area contributed by atoms with Crippen molar-refractivity contribution in [1.82, 2.24) is 9.55 Å². The van der Waals surface area contributed by atoms with Crippen LogP contribution in [0.3, 0.4) is 0 Å². The van der Waals surface area contributed by atoms with E-state index in [1.807, 2.05) is 16.8 Å². The molecule has 2 aromatic heterocycles. The van der Waals surface area contributed by atoms with Crippen molar-refractivity contribution in [2.75, 3.05) is 0 Å². The number of carboxylic acid groups (broad SMARTS) is 1. The minimum absolute atomic E-state index is 0.137. The Kier molecular flexibility index (Phi) is 3.06. The fraction of sp³-hybridized carbons (Fsp3) is 0.250. The van der Waals surface area contributed by atoms with Gasteiger partial charge in [-0.25, -0.2) is 4.98 Å². The lowest BCUT2D eigenvalue weighted by Gasteiger charge is -2.03. The molecule has 2 heterocycles. The molecule has 2 aromatic rings. The first-order valence-electron chi connectivity index (χ1n) is 5.28. The van der Waals surface area contributed by atoms with Gasteiger partial charge >= 0.3 is 5.97 Å². The molecule has 0 unspecified atom stereocenters. The molecule has 0 fully saturated rings. The lowest BCUT2D eigenvalue weighted by molar-refractivity contribution is -0.137. The Hall–Kier alpha value is -2.35. The van der Waals surface area contributed by atoms with E-state index in [9.17, 15) is 4.79 Å². The summed E-state index contributed by atoms with van der Waals surface area (Å²) in [5.41, 5.74) is 1.32. The second-order valence-corrected chi connectivity index (χ2v) is 3.71. The Bertz CT molecular complexity index is 595. The molecular formula is C12H11N3O2. The molecule has 2 rings (SSSR count). The maximum absolute atomic E-state index is 10.4. The van der Waals surface area contributed by atoms with E-state index in [-0.39, 0.29) is 6.42 Å². The number of aromatic nitrogens is 2. The van der Waals surface area contributed by atoms with E-state index < -0.39 is 5.97 Å². The summed E-state index contributed by atoms with van der Waals surface area (Å²) in [4.78, 5) is 14.6. The number of pyridine rings is 1. The number of hydrogen-bond donors (Lipinski definition) is 1. The Morgan fingerprint density at radius 3 is 3.06 bits per heavy atom. The Morgan fingerprint density at radius 1 is 1.53 bits per heavy atom. The van der Waals surface area contributed by atoms with E-state index in [1.165, 1.54) is 0 Å². The molecular weight excluding hydrogens is 218 g/mol. The van der Waals surface area contributed by atoms with E-state index in [2.05, 4.69) is 11.1 Å². The van der Waals surface area contributed by atoms with Crippen LogP contribution in [0.15, 0.2) is 24.5 Å². The smallest absolute Gasteiger partial charge is 0.303 e. The standard InChI is InChI=1S/C12H11N3O2/c13-8-9-3-5-14-12-10(9)4-7-15(12)6-1-2-11(16)17/h3-5,7H,1-2,6H2,(H,16,17). The summed E-state index contributed by atoms with van der Waals surface area (Å²) in [5.74, 6) is -0.799. The number of carboxylic acids is 1. The van der Waals surface area contributed by atoms with Crippen molar-refractivity contribution in [1.29, 1.82) is 5.26 Å². The van der Waals surface area contributed by atoms with Crippen molar-refractivity contribution in [2.45, 2.75) is 19.4 Å². The van der Waals surface area contributed by atoms with Gasteiger partial charge in [0.15, 0.2) is 0 Å². The molecule has 86 valence electrons. The highest BCUT2D eigenvalue weighted by Crippen LogP contribution is 2.17. The lowest BCUT2D eigenvalue weighted by atomic mass is 10.2. The Morgan fingerprint density at radius 2 is 2.35 bits per heavy atom. The number of aliphatic carboxylic acids is 1. The molecule has 5 nitrogen and oxygen atoms in total. The van der Waals surface area contributed by atoms with Gasteiger partial charge in [-0.3, -0.25) is 4.79 Å². The average molecular weight is 229 g/mol. The quantitative estimate of drug-likeness (QED) is 0.866. The summed E-state index contributed by atoms with van der Waals surface area (Å²) in [6.07, 6.45) is 4.12. The number of carbonyl (C=O) groups is 1. The Labute approximate surface area is 97.9 Å². The molecule has 5 heteroatoms. The summed E-state index contributed by atoms with van der Waals surface area (Å²) >= 11 is 0. The minimum atomic E-state index is -0.799. The van der Waals surface area contributed by atoms with Crippen molar-refractivity contribution in [3.8, 4) is 6.07 Å². The molecule has 0 aliphatic heterocycles. The maximum Gasteiger partial charge on any atom is 0.303 e. The zero-order chi connectivity index (χ0) is 12.3. The molecule has 0 saturated heterocycles. The summed E-state index contributed by atoms with van der Waals surface area (Å²) in [6.45, 7) is 0.595. The second-order valence-electron chi connectivity index (χ2n) is 3.71. The number of rotatable bonds is 4. The number of hydrogen-bond acceptors (Lipinski definition) is 3. The van der Waals surface area contributed by atoms with Crippen molar-refractivity contribution in [3.05, 3.63) is 30.1 Å². The van der Waals surface area contributed by atoms with E-state index in [4.69, 9.17) is 10.4 Å². The number of fused-ring (bicyclic) bond motifs is 1. The fourth-order valence-corrected chi connectivity index (χ4v) is 1.77. The number of nitriles is 1. The predicted octanol–water partition coefficient (Wildman–Crippen LogP) is 1.77. The predicted molar refractivity (Wildman–Crippen MR) is 61.3 cm³/mol. The summed E-state index contributed by atoms with van der Waals surface area (Å²) in [6, 6.07) is 5.62. The van der Waals surface area contributed by atoms with Gasteiger partial charge in [-0.1, -0.05) is 0 Å². The first kappa shape index (κ1) is 11.1. The molecule has 0 radical (unpaired) electrons. The molecule has 0 aliphatic carbocycles. The van der Waals surface area contributed by atoms with E-state index in [0.717, 1.165) is 11.0 Å². The van der Waals surface area contributed by atoms with Crippen LogP contribution in [0.1, 0.15) is 18.4 Å². The molecule has 0 aromatic carbocycles. The van der Waals surface area contributed by atoms with Crippen molar-refractivity contribution in [2.24, 2.45) is 0 Å². The second kappa shape index (κ2) is 4.66. The van der Waals surface area contributed by atoms with E-state index >= 15 is 0 Å². The van der Waals surface area contributed by atoms with Crippen molar-refractivity contribution in [3.63, 3.8) is 0 Å². The molecule has 0 spiro atoms. The van der Waals surface area contributed by atoms with Crippen LogP contribution < -0.4 is 0 Å². The molecule has 0 aliphatic rings. The lowest BCUT2D eigenvalue weighted by Crippen LogP contribution is -2.01. The maximum atomic E-state index is 10.4. The van der Waals surface area contributed by atoms with Gasteiger partial charge in [0.1, 0.15) is 5.65 Å². The zero-order valence-corrected chi connectivity index (χ0v) is 9.13. The first-order chi connectivity index (χ1) is 8.22. The summed E-state index contributed by atoms with van der Waals surface area (Å²) in [5, 5.41) is 18.3. The minimum Gasteiger partial charge on any atom is -0.481 e. The van der Waals surface area contributed by atoms with Gasteiger partial charge in [0.05, 0.1) is 11.6 Å².